The number of esters is 1. The number of amides is 1. The van der Waals surface area contributed by atoms with Gasteiger partial charge in [-0.2, -0.15) is 9.28 Å². The van der Waals surface area contributed by atoms with Crippen LogP contribution in [0.3, 0.4) is 0 Å². The topological polar surface area (TPSA) is 189 Å². The van der Waals surface area contributed by atoms with Crippen molar-refractivity contribution < 1.29 is 63.1 Å². The number of likely N-dealkylation sites (tertiary alicyclic amines) is 1. The van der Waals surface area contributed by atoms with Gasteiger partial charge < -0.3 is 34.6 Å². The summed E-state index contributed by atoms with van der Waals surface area (Å²) < 4.78 is 16.6. The Hall–Kier alpha value is -3.43. The van der Waals surface area contributed by atoms with Crippen LogP contribution in [-0.2, 0) is 34.2 Å². The normalized spacial score (nSPS) is 36.9. The first kappa shape index (κ1) is 41.7. The van der Waals surface area contributed by atoms with Crippen LogP contribution in [0.1, 0.15) is 94.1 Å². The van der Waals surface area contributed by atoms with Gasteiger partial charge in [-0.1, -0.05) is 43.7 Å². The second-order valence-electron chi connectivity index (χ2n) is 17.8. The third-order valence-electron chi connectivity index (χ3n) is 12.5. The molecule has 2 aliphatic heterocycles. The molecule has 2 aliphatic carbocycles. The van der Waals surface area contributed by atoms with E-state index in [4.69, 9.17) is 30.6 Å². The SMILES string of the molecule is CC(=O)O[C@H]1C(C)=C[C@@H]2[C@H](C(C)CO)CC[C@@H](C)[C@]2(O)[C@H]1[C@]1(C(=O)O)C[C@@]2(OC(=O)OC(C)(C)C)c3cccc(Cl)c3N(C)O[C@H]2[N+]1(C(=O)O)C(C)(C)C. The van der Waals surface area contributed by atoms with Gasteiger partial charge in [0.25, 0.3) is 6.23 Å². The molecule has 4 aliphatic rings. The fourth-order valence-electron chi connectivity index (χ4n) is 10.6. The number of fused-ring (bicyclic) bond motifs is 4. The fourth-order valence-corrected chi connectivity index (χ4v) is 10.9. The van der Waals surface area contributed by atoms with Crippen molar-refractivity contribution in [2.45, 2.75) is 129 Å². The van der Waals surface area contributed by atoms with Crippen LogP contribution >= 0.6 is 11.6 Å². The van der Waals surface area contributed by atoms with Crippen LogP contribution in [0.25, 0.3) is 0 Å². The monoisotopic (exact) mass is 779 g/mol. The maximum absolute atomic E-state index is 14.9. The number of hydrogen-bond acceptors (Lipinski definition) is 11. The van der Waals surface area contributed by atoms with Gasteiger partial charge in [0.05, 0.1) is 28.6 Å². The molecule has 14 nitrogen and oxygen atoms in total. The second-order valence-corrected chi connectivity index (χ2v) is 18.2. The van der Waals surface area contributed by atoms with Gasteiger partial charge in [-0.3, -0.25) is 4.79 Å². The molecule has 1 aromatic carbocycles. The number of ether oxygens (including phenoxy) is 3. The van der Waals surface area contributed by atoms with E-state index in [0.29, 0.717) is 18.4 Å². The maximum Gasteiger partial charge on any atom is 0.517 e. The molecule has 300 valence electrons. The minimum atomic E-state index is -2.69. The van der Waals surface area contributed by atoms with E-state index in [0.717, 1.165) is 6.92 Å². The third-order valence-corrected chi connectivity index (χ3v) is 12.9. The zero-order valence-corrected chi connectivity index (χ0v) is 33.8. The Morgan fingerprint density at radius 3 is 2.26 bits per heavy atom. The van der Waals surface area contributed by atoms with Gasteiger partial charge >= 0.3 is 24.2 Å². The van der Waals surface area contributed by atoms with Crippen molar-refractivity contribution in [3.63, 3.8) is 0 Å². The van der Waals surface area contributed by atoms with Gasteiger partial charge in [0.15, 0.2) is 0 Å². The fraction of sp³-hybridized carbons (Fsp3) is 0.692. The summed E-state index contributed by atoms with van der Waals surface area (Å²) in [7, 11) is 1.49. The summed E-state index contributed by atoms with van der Waals surface area (Å²) in [6.45, 7) is 15.7. The van der Waals surface area contributed by atoms with Crippen molar-refractivity contribution in [1.82, 2.24) is 0 Å². The molecule has 1 saturated carbocycles. The lowest BCUT2D eigenvalue weighted by Gasteiger charge is -2.63. The van der Waals surface area contributed by atoms with Crippen molar-refractivity contribution in [2.24, 2.45) is 29.6 Å². The van der Waals surface area contributed by atoms with E-state index in [-0.39, 0.29) is 34.7 Å². The highest BCUT2D eigenvalue weighted by molar-refractivity contribution is 6.33. The number of carbonyl (C=O) groups is 4. The van der Waals surface area contributed by atoms with Crippen LogP contribution in [-0.4, -0.2) is 97.4 Å². The average molecular weight is 780 g/mol. The van der Waals surface area contributed by atoms with Crippen molar-refractivity contribution in [2.75, 3.05) is 18.7 Å². The molecule has 5 rings (SSSR count). The Bertz CT molecular complexity index is 1740. The predicted molar refractivity (Wildman–Crippen MR) is 196 cm³/mol. The van der Waals surface area contributed by atoms with Gasteiger partial charge in [-0.25, -0.2) is 19.5 Å². The summed E-state index contributed by atoms with van der Waals surface area (Å²) in [6.07, 6.45) is -4.20. The number of hydroxylamine groups is 1. The van der Waals surface area contributed by atoms with Crippen LogP contribution in [0.15, 0.2) is 29.8 Å². The molecule has 0 radical (unpaired) electrons. The van der Waals surface area contributed by atoms with Crippen LogP contribution in [0.5, 0.6) is 0 Å². The molecule has 1 saturated heterocycles. The quantitative estimate of drug-likeness (QED) is 0.144. The predicted octanol–water partition coefficient (Wildman–Crippen LogP) is 6.24. The van der Waals surface area contributed by atoms with Crippen molar-refractivity contribution in [1.29, 1.82) is 0 Å². The molecule has 1 amide bonds. The van der Waals surface area contributed by atoms with E-state index in [2.05, 4.69) is 0 Å². The lowest BCUT2D eigenvalue weighted by atomic mass is 9.48. The number of anilines is 1. The Morgan fingerprint density at radius 2 is 1.74 bits per heavy atom. The number of carbonyl (C=O) groups excluding carboxylic acids is 2. The summed E-state index contributed by atoms with van der Waals surface area (Å²) in [5.41, 5.74) is -8.91. The molecular formula is C39H56ClN2O12+. The number of aliphatic carboxylic acids is 1. The largest absolute Gasteiger partial charge is 0.517 e. The van der Waals surface area contributed by atoms with Crippen LogP contribution in [0.4, 0.5) is 15.3 Å². The van der Waals surface area contributed by atoms with Crippen LogP contribution in [0.2, 0.25) is 5.02 Å². The minimum absolute atomic E-state index is 0.146. The number of carboxylic acid groups (broad SMARTS) is 2. The van der Waals surface area contributed by atoms with E-state index in [1.807, 2.05) is 6.92 Å². The van der Waals surface area contributed by atoms with Gasteiger partial charge in [0.2, 0.25) is 11.1 Å². The van der Waals surface area contributed by atoms with Crippen molar-refractivity contribution >= 4 is 41.5 Å². The Balaban J connectivity index is 2.01. The standard InChI is InChI=1S/C39H55ClN2O12/c1-20-17-26-24(21(2)18-43)16-15-22(3)39(26,50)30(29(20)51-23(4)44)37(32(45)46)19-38(53-34(49)52-36(8,9)10)25-13-12-14-27(40)28(25)41(11)54-31(38)42(37,33(47)48)35(5,6)7/h12-14,17,21-22,24,26,29-31,43,50H,15-16,18-19H2,1-11H3,(H-,45,46,47,48)/p+1/t21?,22-,24+,26-,29+,30-,31-,37+,38-,39-,42?/m1/s1. The second kappa shape index (κ2) is 13.6. The van der Waals surface area contributed by atoms with E-state index in [1.165, 1.54) is 12.1 Å². The molecule has 2 heterocycles. The van der Waals surface area contributed by atoms with Crippen molar-refractivity contribution in [3.8, 4) is 0 Å². The lowest BCUT2D eigenvalue weighted by Crippen LogP contribution is -2.84. The number of halogens is 1. The number of aliphatic hydroxyl groups excluding tert-OH is 1. The van der Waals surface area contributed by atoms with Gasteiger partial charge in [0, 0.05) is 32.1 Å². The van der Waals surface area contributed by atoms with E-state index in [1.54, 1.807) is 79.7 Å². The average Bonchev–Trinajstić information content (AvgIpc) is 3.30. The molecular weight excluding hydrogens is 724 g/mol. The number of quaternary nitrogens is 1. The van der Waals surface area contributed by atoms with Crippen molar-refractivity contribution in [3.05, 3.63) is 40.4 Å². The molecule has 0 spiro atoms. The zero-order valence-electron chi connectivity index (χ0n) is 33.0. The number of para-hydroxylation sites is 1. The zero-order chi connectivity index (χ0) is 40.7. The first-order chi connectivity index (χ1) is 24.8. The molecule has 0 aromatic heterocycles. The smallest absolute Gasteiger partial charge is 0.477 e. The van der Waals surface area contributed by atoms with E-state index >= 15 is 0 Å². The van der Waals surface area contributed by atoms with Gasteiger partial charge in [-0.15, -0.1) is 0 Å². The molecule has 11 atom stereocenters. The summed E-state index contributed by atoms with van der Waals surface area (Å²) >= 11 is 6.77. The Morgan fingerprint density at radius 1 is 1.11 bits per heavy atom. The van der Waals surface area contributed by atoms with Crippen LogP contribution in [0, 0.1) is 29.6 Å². The Kier molecular flexibility index (Phi) is 10.5. The molecule has 15 heteroatoms. The highest BCUT2D eigenvalue weighted by atomic mass is 35.5. The minimum Gasteiger partial charge on any atom is -0.477 e. The molecule has 2 fully saturated rings. The molecule has 1 aromatic rings. The Labute approximate surface area is 321 Å². The van der Waals surface area contributed by atoms with Crippen LogP contribution < -0.4 is 5.06 Å². The first-order valence-electron chi connectivity index (χ1n) is 18.5. The molecule has 54 heavy (non-hydrogen) atoms. The maximum atomic E-state index is 14.9. The summed E-state index contributed by atoms with van der Waals surface area (Å²) in [5, 5.41) is 49.4. The molecule has 0 bridgehead atoms. The first-order valence-corrected chi connectivity index (χ1v) is 18.8. The summed E-state index contributed by atoms with van der Waals surface area (Å²) in [5.74, 6) is -6.30. The van der Waals surface area contributed by atoms with E-state index < -0.39 is 93.1 Å². The number of hydrogen-bond donors (Lipinski definition) is 4. The van der Waals surface area contributed by atoms with E-state index in [9.17, 15) is 39.6 Å². The van der Waals surface area contributed by atoms with Gasteiger partial charge in [0.1, 0.15) is 17.2 Å². The third kappa shape index (κ3) is 5.81. The molecule has 4 N–H and O–H groups in total. The molecule has 2 unspecified atom stereocenters. The highest BCUT2D eigenvalue weighted by Gasteiger charge is 2.90. The summed E-state index contributed by atoms with van der Waals surface area (Å²) in [6, 6.07) is 4.72. The number of rotatable bonds is 6. The number of aliphatic hydroxyl groups is 2. The highest BCUT2D eigenvalue weighted by Crippen LogP contribution is 2.69. The van der Waals surface area contributed by atoms with Gasteiger partial charge in [-0.05, 0) is 90.7 Å². The number of carboxylic acids is 1. The number of nitrogens with zero attached hydrogens (tertiary/aromatic N) is 2. The number of benzene rings is 1. The lowest BCUT2D eigenvalue weighted by molar-refractivity contribution is -0.979. The summed E-state index contributed by atoms with van der Waals surface area (Å²) in [4.78, 5) is 63.2.